The maximum atomic E-state index is 10.7. The molecule has 1 aliphatic heterocycles. The lowest BCUT2D eigenvalue weighted by molar-refractivity contribution is -0.139. The molecule has 0 N–H and O–H groups in total. The van der Waals surface area contributed by atoms with E-state index in [0.29, 0.717) is 25.4 Å². The van der Waals surface area contributed by atoms with Gasteiger partial charge in [-0.1, -0.05) is 26.5 Å². The molecule has 0 saturated carbocycles. The summed E-state index contributed by atoms with van der Waals surface area (Å²) in [4.78, 5) is 21.0. The molecule has 1 heterocycles. The third-order valence-corrected chi connectivity index (χ3v) is 2.06. The highest BCUT2D eigenvalue weighted by Gasteiger charge is 2.23. The van der Waals surface area contributed by atoms with Crippen molar-refractivity contribution in [3.8, 4) is 0 Å². The lowest BCUT2D eigenvalue weighted by Gasteiger charge is -2.01. The Hall–Kier alpha value is -1.62. The first-order chi connectivity index (χ1) is 9.01. The van der Waals surface area contributed by atoms with Gasteiger partial charge in [-0.3, -0.25) is 0 Å². The molecule has 0 bridgehead atoms. The zero-order valence-electron chi connectivity index (χ0n) is 11.6. The van der Waals surface area contributed by atoms with Gasteiger partial charge in [0, 0.05) is 11.6 Å². The van der Waals surface area contributed by atoms with Crippen molar-refractivity contribution in [3.05, 3.63) is 24.8 Å². The first-order valence-corrected chi connectivity index (χ1v) is 6.24. The number of unbranched alkanes of at least 4 members (excludes halogenated alkanes) is 1. The first-order valence-electron chi connectivity index (χ1n) is 6.24. The van der Waals surface area contributed by atoms with Crippen molar-refractivity contribution in [2.75, 3.05) is 19.8 Å². The molecule has 5 heteroatoms. The van der Waals surface area contributed by atoms with Crippen LogP contribution in [0.1, 0.15) is 26.7 Å². The van der Waals surface area contributed by atoms with Crippen molar-refractivity contribution in [1.82, 2.24) is 0 Å². The van der Waals surface area contributed by atoms with E-state index < -0.39 is 0 Å². The summed E-state index contributed by atoms with van der Waals surface area (Å²) < 4.78 is 14.2. The lowest BCUT2D eigenvalue weighted by Crippen LogP contribution is -2.06. The average molecular weight is 270 g/mol. The second-order valence-electron chi connectivity index (χ2n) is 4.06. The van der Waals surface area contributed by atoms with E-state index in [0.717, 1.165) is 18.9 Å². The van der Waals surface area contributed by atoms with Crippen molar-refractivity contribution in [1.29, 1.82) is 0 Å². The Bertz CT molecular complexity index is 318. The number of hydrogen-bond donors (Lipinski definition) is 0. The highest BCUT2D eigenvalue weighted by molar-refractivity contribution is 5.86. The summed E-state index contributed by atoms with van der Waals surface area (Å²) in [5.41, 5.74) is 0.469. The molecule has 0 radical (unpaired) electrons. The van der Waals surface area contributed by atoms with E-state index in [-0.39, 0.29) is 18.0 Å². The van der Waals surface area contributed by atoms with Gasteiger partial charge in [-0.2, -0.15) is 0 Å². The van der Waals surface area contributed by atoms with Gasteiger partial charge in [0.25, 0.3) is 0 Å². The summed E-state index contributed by atoms with van der Waals surface area (Å²) in [5, 5.41) is 0. The maximum absolute atomic E-state index is 10.7. The fourth-order valence-electron chi connectivity index (χ4n) is 0.831. The van der Waals surface area contributed by atoms with Crippen LogP contribution in [0.2, 0.25) is 0 Å². The van der Waals surface area contributed by atoms with Crippen LogP contribution in [0.4, 0.5) is 0 Å². The van der Waals surface area contributed by atoms with Gasteiger partial charge in [0.15, 0.2) is 0 Å². The Morgan fingerprint density at radius 3 is 2.47 bits per heavy atom. The SMILES string of the molecule is C=C(C)C(=O)OCCCC.C=CC(=O)OCC1CO1. The molecule has 0 aromatic heterocycles. The minimum atomic E-state index is -0.384. The predicted molar refractivity (Wildman–Crippen MR) is 71.6 cm³/mol. The third kappa shape index (κ3) is 11.2. The zero-order valence-corrected chi connectivity index (χ0v) is 11.6. The summed E-state index contributed by atoms with van der Waals surface area (Å²) in [6.07, 6.45) is 3.26. The van der Waals surface area contributed by atoms with Crippen molar-refractivity contribution < 1.29 is 23.8 Å². The number of carbonyl (C=O) groups is 2. The van der Waals surface area contributed by atoms with Gasteiger partial charge >= 0.3 is 11.9 Å². The van der Waals surface area contributed by atoms with Gasteiger partial charge in [-0.15, -0.1) is 0 Å². The Labute approximate surface area is 114 Å². The van der Waals surface area contributed by atoms with Crippen LogP contribution >= 0.6 is 0 Å². The second kappa shape index (κ2) is 10.3. The molecular formula is C14H22O5. The van der Waals surface area contributed by atoms with Crippen LogP contribution in [-0.2, 0) is 23.8 Å². The fourth-order valence-corrected chi connectivity index (χ4v) is 0.831. The van der Waals surface area contributed by atoms with E-state index in [9.17, 15) is 9.59 Å². The summed E-state index contributed by atoms with van der Waals surface area (Å²) in [6, 6.07) is 0. The van der Waals surface area contributed by atoms with Crippen molar-refractivity contribution >= 4 is 11.9 Å². The van der Waals surface area contributed by atoms with E-state index in [1.807, 2.05) is 0 Å². The summed E-state index contributed by atoms with van der Waals surface area (Å²) in [7, 11) is 0. The molecule has 0 aromatic carbocycles. The molecule has 1 fully saturated rings. The van der Waals surface area contributed by atoms with Crippen LogP contribution in [0.15, 0.2) is 24.8 Å². The third-order valence-electron chi connectivity index (χ3n) is 2.06. The molecule has 19 heavy (non-hydrogen) atoms. The number of ether oxygens (including phenoxy) is 3. The average Bonchev–Trinajstić information content (AvgIpc) is 3.20. The molecule has 1 saturated heterocycles. The van der Waals surface area contributed by atoms with Gasteiger partial charge in [-0.25, -0.2) is 9.59 Å². The minimum absolute atomic E-state index is 0.147. The summed E-state index contributed by atoms with van der Waals surface area (Å²) in [5.74, 6) is -0.668. The standard InChI is InChI=1S/C8H14O2.C6H8O3/c1-4-5-6-10-8(9)7(2)3;1-2-6(7)9-4-5-3-8-5/h2,4-6H2,1,3H3;2,5H,1,3-4H2. The Balaban J connectivity index is 0.000000342. The van der Waals surface area contributed by atoms with Gasteiger partial charge in [0.05, 0.1) is 13.2 Å². The van der Waals surface area contributed by atoms with Crippen LogP contribution in [0, 0.1) is 0 Å². The highest BCUT2D eigenvalue weighted by Crippen LogP contribution is 2.08. The molecule has 0 spiro atoms. The molecule has 1 rings (SSSR count). The number of carbonyl (C=O) groups excluding carboxylic acids is 2. The van der Waals surface area contributed by atoms with E-state index in [2.05, 4.69) is 24.8 Å². The van der Waals surface area contributed by atoms with Gasteiger partial charge in [-0.05, 0) is 13.3 Å². The first kappa shape index (κ1) is 17.4. The number of rotatable bonds is 7. The Kier molecular flexibility index (Phi) is 9.44. The quantitative estimate of drug-likeness (QED) is 0.306. The number of epoxide rings is 1. The van der Waals surface area contributed by atoms with Crippen LogP contribution in [0.25, 0.3) is 0 Å². The van der Waals surface area contributed by atoms with E-state index >= 15 is 0 Å². The van der Waals surface area contributed by atoms with Crippen molar-refractivity contribution in [2.45, 2.75) is 32.8 Å². The van der Waals surface area contributed by atoms with E-state index in [1.54, 1.807) is 6.92 Å². The van der Waals surface area contributed by atoms with Crippen LogP contribution in [0.3, 0.4) is 0 Å². The minimum Gasteiger partial charge on any atom is -0.462 e. The largest absolute Gasteiger partial charge is 0.462 e. The number of hydrogen-bond acceptors (Lipinski definition) is 5. The van der Waals surface area contributed by atoms with E-state index in [1.165, 1.54) is 0 Å². The Morgan fingerprint density at radius 1 is 1.42 bits per heavy atom. The molecule has 5 nitrogen and oxygen atoms in total. The van der Waals surface area contributed by atoms with Gasteiger partial charge in [0.2, 0.25) is 0 Å². The van der Waals surface area contributed by atoms with Crippen molar-refractivity contribution in [2.24, 2.45) is 0 Å². The summed E-state index contributed by atoms with van der Waals surface area (Å²) in [6.45, 7) is 12.0. The maximum Gasteiger partial charge on any atom is 0.333 e. The molecular weight excluding hydrogens is 248 g/mol. The van der Waals surface area contributed by atoms with Gasteiger partial charge in [0.1, 0.15) is 12.7 Å². The van der Waals surface area contributed by atoms with Crippen LogP contribution in [0.5, 0.6) is 0 Å². The summed E-state index contributed by atoms with van der Waals surface area (Å²) >= 11 is 0. The zero-order chi connectivity index (χ0) is 14.7. The van der Waals surface area contributed by atoms with Crippen LogP contribution < -0.4 is 0 Å². The fraction of sp³-hybridized carbons (Fsp3) is 0.571. The molecule has 0 amide bonds. The van der Waals surface area contributed by atoms with E-state index in [4.69, 9.17) is 9.47 Å². The molecule has 0 aromatic rings. The monoisotopic (exact) mass is 270 g/mol. The normalized spacial score (nSPS) is 15.6. The molecule has 1 unspecified atom stereocenters. The smallest absolute Gasteiger partial charge is 0.333 e. The van der Waals surface area contributed by atoms with Gasteiger partial charge < -0.3 is 14.2 Å². The number of esters is 2. The van der Waals surface area contributed by atoms with Crippen molar-refractivity contribution in [3.63, 3.8) is 0 Å². The molecule has 0 aliphatic carbocycles. The Morgan fingerprint density at radius 2 is 2.05 bits per heavy atom. The molecule has 108 valence electrons. The topological polar surface area (TPSA) is 65.1 Å². The lowest BCUT2D eigenvalue weighted by atomic mass is 10.3. The predicted octanol–water partition coefficient (Wildman–Crippen LogP) is 2.02. The second-order valence-corrected chi connectivity index (χ2v) is 4.06. The highest BCUT2D eigenvalue weighted by atomic mass is 16.6. The van der Waals surface area contributed by atoms with Crippen LogP contribution in [-0.4, -0.2) is 37.9 Å². The molecule has 1 aliphatic rings. The molecule has 1 atom stereocenters.